The van der Waals surface area contributed by atoms with E-state index in [1.54, 1.807) is 6.92 Å². The zero-order valence-corrected chi connectivity index (χ0v) is 11.3. The molecule has 0 saturated carbocycles. The molecule has 7 heteroatoms. The van der Waals surface area contributed by atoms with Gasteiger partial charge in [-0.05, 0) is 37.1 Å². The predicted molar refractivity (Wildman–Crippen MR) is 69.6 cm³/mol. The molecule has 0 aliphatic heterocycles. The Morgan fingerprint density at radius 1 is 1.40 bits per heavy atom. The number of carbonyl (C=O) groups excluding carboxylic acids is 1. The van der Waals surface area contributed by atoms with E-state index in [2.05, 4.69) is 10.5 Å². The third-order valence-electron chi connectivity index (χ3n) is 2.74. The predicted octanol–water partition coefficient (Wildman–Crippen LogP) is 3.49. The number of nitrogens with one attached hydrogen (secondary N) is 1. The second kappa shape index (κ2) is 6.00. The molecule has 2 rings (SSSR count). The van der Waals surface area contributed by atoms with Crippen molar-refractivity contribution in [1.82, 2.24) is 5.16 Å². The van der Waals surface area contributed by atoms with Crippen LogP contribution in [0.25, 0.3) is 0 Å². The molecule has 0 saturated heterocycles. The van der Waals surface area contributed by atoms with Crippen LogP contribution in [0.2, 0.25) is 5.22 Å². The fraction of sp³-hybridized carbons (Fsp3) is 0.231. The Kier molecular flexibility index (Phi) is 4.34. The lowest BCUT2D eigenvalue weighted by atomic mass is 10.1. The maximum Gasteiger partial charge on any atom is 0.229 e. The number of halogens is 3. The Bertz CT molecular complexity index is 624. The summed E-state index contributed by atoms with van der Waals surface area (Å²) in [6.07, 6.45) is 0.477. The number of anilines is 1. The summed E-state index contributed by atoms with van der Waals surface area (Å²) in [5.41, 5.74) is 1.48. The lowest BCUT2D eigenvalue weighted by Gasteiger charge is -2.05. The van der Waals surface area contributed by atoms with Gasteiger partial charge in [-0.3, -0.25) is 4.79 Å². The van der Waals surface area contributed by atoms with Crippen molar-refractivity contribution in [3.8, 4) is 0 Å². The average Bonchev–Trinajstić information content (AvgIpc) is 2.71. The van der Waals surface area contributed by atoms with E-state index in [4.69, 9.17) is 16.1 Å². The van der Waals surface area contributed by atoms with E-state index in [1.165, 1.54) is 6.07 Å². The van der Waals surface area contributed by atoms with E-state index >= 15 is 0 Å². The number of rotatable bonds is 4. The standard InChI is InChI=1S/C13H11ClF2N2O2/c1-7-9(13(14)20-18-7)3-5-12(19)17-8-2-4-10(15)11(16)6-8/h2,4,6H,3,5H2,1H3,(H,17,19). The maximum atomic E-state index is 13.0. The molecule has 20 heavy (non-hydrogen) atoms. The largest absolute Gasteiger partial charge is 0.344 e. The van der Waals surface area contributed by atoms with E-state index in [1.807, 2.05) is 0 Å². The molecule has 2 aromatic rings. The van der Waals surface area contributed by atoms with Crippen LogP contribution in [0, 0.1) is 18.6 Å². The highest BCUT2D eigenvalue weighted by molar-refractivity contribution is 6.29. The normalized spacial score (nSPS) is 10.6. The monoisotopic (exact) mass is 300 g/mol. The van der Waals surface area contributed by atoms with Crippen LogP contribution in [0.4, 0.5) is 14.5 Å². The van der Waals surface area contributed by atoms with Gasteiger partial charge < -0.3 is 9.84 Å². The van der Waals surface area contributed by atoms with Crippen LogP contribution in [0.5, 0.6) is 0 Å². The first-order chi connectivity index (χ1) is 9.47. The highest BCUT2D eigenvalue weighted by Crippen LogP contribution is 2.21. The second-order valence-electron chi connectivity index (χ2n) is 4.20. The summed E-state index contributed by atoms with van der Waals surface area (Å²) in [5.74, 6) is -2.32. The summed E-state index contributed by atoms with van der Waals surface area (Å²) in [4.78, 5) is 11.7. The van der Waals surface area contributed by atoms with Crippen LogP contribution < -0.4 is 5.32 Å². The smallest absolute Gasteiger partial charge is 0.229 e. The third-order valence-corrected chi connectivity index (χ3v) is 3.04. The van der Waals surface area contributed by atoms with Crippen LogP contribution in [-0.2, 0) is 11.2 Å². The summed E-state index contributed by atoms with van der Waals surface area (Å²) in [6, 6.07) is 3.16. The Hall–Kier alpha value is -1.95. The minimum atomic E-state index is -1.01. The minimum absolute atomic E-state index is 0.126. The molecule has 1 aromatic heterocycles. The zero-order valence-electron chi connectivity index (χ0n) is 10.5. The van der Waals surface area contributed by atoms with Crippen LogP contribution in [0.3, 0.4) is 0 Å². The highest BCUT2D eigenvalue weighted by Gasteiger charge is 2.13. The molecular weight excluding hydrogens is 290 g/mol. The zero-order chi connectivity index (χ0) is 14.7. The molecule has 106 valence electrons. The first kappa shape index (κ1) is 14.5. The van der Waals surface area contributed by atoms with Gasteiger partial charge in [-0.1, -0.05) is 5.16 Å². The number of nitrogens with zero attached hydrogens (tertiary/aromatic N) is 1. The number of benzene rings is 1. The number of aromatic nitrogens is 1. The molecular formula is C13H11ClF2N2O2. The highest BCUT2D eigenvalue weighted by atomic mass is 35.5. The van der Waals surface area contributed by atoms with Crippen molar-refractivity contribution in [2.75, 3.05) is 5.32 Å². The van der Waals surface area contributed by atoms with Gasteiger partial charge in [0.15, 0.2) is 11.6 Å². The fourth-order valence-electron chi connectivity index (χ4n) is 1.68. The molecule has 1 aromatic carbocycles. The maximum absolute atomic E-state index is 13.0. The quantitative estimate of drug-likeness (QED) is 0.940. The van der Waals surface area contributed by atoms with Gasteiger partial charge in [-0.15, -0.1) is 0 Å². The fourth-order valence-corrected chi connectivity index (χ4v) is 1.94. The van der Waals surface area contributed by atoms with Gasteiger partial charge in [0.2, 0.25) is 11.1 Å². The average molecular weight is 301 g/mol. The topological polar surface area (TPSA) is 55.1 Å². The van der Waals surface area contributed by atoms with E-state index in [-0.39, 0.29) is 23.2 Å². The molecule has 0 radical (unpaired) electrons. The molecule has 0 unspecified atom stereocenters. The van der Waals surface area contributed by atoms with Gasteiger partial charge in [0.05, 0.1) is 5.69 Å². The molecule has 4 nitrogen and oxygen atoms in total. The minimum Gasteiger partial charge on any atom is -0.344 e. The van der Waals surface area contributed by atoms with E-state index in [0.29, 0.717) is 17.7 Å². The first-order valence-corrected chi connectivity index (χ1v) is 6.20. The van der Waals surface area contributed by atoms with Crippen molar-refractivity contribution in [3.63, 3.8) is 0 Å². The van der Waals surface area contributed by atoms with Crippen LogP contribution in [0.15, 0.2) is 22.7 Å². The van der Waals surface area contributed by atoms with Gasteiger partial charge in [-0.25, -0.2) is 8.78 Å². The van der Waals surface area contributed by atoms with Crippen molar-refractivity contribution in [2.45, 2.75) is 19.8 Å². The Morgan fingerprint density at radius 2 is 2.15 bits per heavy atom. The third kappa shape index (κ3) is 3.33. The SMILES string of the molecule is Cc1noc(Cl)c1CCC(=O)Nc1ccc(F)c(F)c1. The van der Waals surface area contributed by atoms with Crippen molar-refractivity contribution in [1.29, 1.82) is 0 Å². The van der Waals surface area contributed by atoms with Crippen LogP contribution in [0.1, 0.15) is 17.7 Å². The van der Waals surface area contributed by atoms with Crippen molar-refractivity contribution >= 4 is 23.2 Å². The summed E-state index contributed by atoms with van der Waals surface area (Å²) >= 11 is 5.77. The molecule has 0 aliphatic rings. The molecule has 0 aliphatic carbocycles. The summed E-state index contributed by atoms with van der Waals surface area (Å²) in [7, 11) is 0. The molecule has 0 fully saturated rings. The summed E-state index contributed by atoms with van der Waals surface area (Å²) in [5, 5.41) is 6.30. The number of hydrogen-bond donors (Lipinski definition) is 1. The van der Waals surface area contributed by atoms with Gasteiger partial charge in [-0.2, -0.15) is 0 Å². The number of amides is 1. The van der Waals surface area contributed by atoms with E-state index in [9.17, 15) is 13.6 Å². The lowest BCUT2D eigenvalue weighted by molar-refractivity contribution is -0.116. The van der Waals surface area contributed by atoms with Gasteiger partial charge in [0.25, 0.3) is 0 Å². The van der Waals surface area contributed by atoms with Crippen LogP contribution in [-0.4, -0.2) is 11.1 Å². The van der Waals surface area contributed by atoms with Crippen molar-refractivity contribution in [3.05, 3.63) is 46.3 Å². The first-order valence-electron chi connectivity index (χ1n) is 5.83. The number of carbonyl (C=O) groups is 1. The summed E-state index contributed by atoms with van der Waals surface area (Å²) < 4.78 is 30.5. The number of aryl methyl sites for hydroxylation is 1. The van der Waals surface area contributed by atoms with E-state index < -0.39 is 11.6 Å². The Balaban J connectivity index is 1.94. The second-order valence-corrected chi connectivity index (χ2v) is 4.54. The van der Waals surface area contributed by atoms with Crippen molar-refractivity contribution in [2.24, 2.45) is 0 Å². The molecule has 0 bridgehead atoms. The molecule has 1 heterocycles. The Labute approximate surface area is 118 Å². The molecule has 1 amide bonds. The molecule has 0 spiro atoms. The van der Waals surface area contributed by atoms with Gasteiger partial charge in [0.1, 0.15) is 0 Å². The lowest BCUT2D eigenvalue weighted by Crippen LogP contribution is -2.12. The van der Waals surface area contributed by atoms with Crippen LogP contribution >= 0.6 is 11.6 Å². The molecule has 1 N–H and O–H groups in total. The van der Waals surface area contributed by atoms with Gasteiger partial charge in [0, 0.05) is 23.7 Å². The van der Waals surface area contributed by atoms with Crippen molar-refractivity contribution < 1.29 is 18.1 Å². The molecule has 0 atom stereocenters. The number of hydrogen-bond acceptors (Lipinski definition) is 3. The summed E-state index contributed by atoms with van der Waals surface area (Å²) in [6.45, 7) is 1.72. The van der Waals surface area contributed by atoms with Gasteiger partial charge >= 0.3 is 0 Å². The Morgan fingerprint density at radius 3 is 2.75 bits per heavy atom. The van der Waals surface area contributed by atoms with E-state index in [0.717, 1.165) is 12.1 Å².